The minimum atomic E-state index is -1.04. The molecule has 0 aliphatic carbocycles. The van der Waals surface area contributed by atoms with Gasteiger partial charge in [0, 0.05) is 19.5 Å². The Bertz CT molecular complexity index is 540. The van der Waals surface area contributed by atoms with Gasteiger partial charge in [-0.1, -0.05) is 6.92 Å². The summed E-state index contributed by atoms with van der Waals surface area (Å²) in [6.45, 7) is 2.58. The van der Waals surface area contributed by atoms with Crippen LogP contribution in [0.15, 0.2) is 22.8 Å². The Morgan fingerprint density at radius 3 is 2.86 bits per heavy atom. The van der Waals surface area contributed by atoms with Crippen LogP contribution >= 0.6 is 0 Å². The fourth-order valence-electron chi connectivity index (χ4n) is 2.64. The number of aliphatic carboxylic acids is 1. The molecule has 120 valence electrons. The van der Waals surface area contributed by atoms with Crippen molar-refractivity contribution in [3.05, 3.63) is 24.2 Å². The lowest BCUT2D eigenvalue weighted by Crippen LogP contribution is -2.41. The Hall–Kier alpha value is -2.31. The molecule has 0 aromatic carbocycles. The molecule has 0 spiro atoms. The second kappa shape index (κ2) is 7.11. The summed E-state index contributed by atoms with van der Waals surface area (Å²) in [7, 11) is 0. The molecule has 1 aromatic rings. The molecule has 1 saturated heterocycles. The lowest BCUT2D eigenvalue weighted by Gasteiger charge is -2.23. The van der Waals surface area contributed by atoms with Gasteiger partial charge >= 0.3 is 5.97 Å². The number of carboxylic acids is 1. The molecule has 1 N–H and O–H groups in total. The first-order valence-corrected chi connectivity index (χ1v) is 7.32. The van der Waals surface area contributed by atoms with Crippen LogP contribution < -0.4 is 0 Å². The van der Waals surface area contributed by atoms with Gasteiger partial charge in [0.2, 0.25) is 11.8 Å². The van der Waals surface area contributed by atoms with E-state index in [0.717, 1.165) is 0 Å². The van der Waals surface area contributed by atoms with E-state index in [1.54, 1.807) is 17.0 Å². The van der Waals surface area contributed by atoms with Gasteiger partial charge in [0.1, 0.15) is 12.3 Å². The highest BCUT2D eigenvalue weighted by molar-refractivity contribution is 5.90. The second-order valence-corrected chi connectivity index (χ2v) is 5.41. The lowest BCUT2D eigenvalue weighted by atomic mass is 10.1. The van der Waals surface area contributed by atoms with E-state index in [1.807, 2.05) is 6.92 Å². The molecular formula is C15H20N2O5. The summed E-state index contributed by atoms with van der Waals surface area (Å²) in [5.41, 5.74) is 0. The first kappa shape index (κ1) is 16.1. The molecule has 0 radical (unpaired) electrons. The van der Waals surface area contributed by atoms with E-state index in [2.05, 4.69) is 0 Å². The van der Waals surface area contributed by atoms with Crippen LogP contribution in [0.5, 0.6) is 0 Å². The molecule has 22 heavy (non-hydrogen) atoms. The topological polar surface area (TPSA) is 91.1 Å². The van der Waals surface area contributed by atoms with Crippen LogP contribution in [0.2, 0.25) is 0 Å². The highest BCUT2D eigenvalue weighted by atomic mass is 16.4. The van der Waals surface area contributed by atoms with Gasteiger partial charge in [-0.2, -0.15) is 0 Å². The SMILES string of the molecule is CCCN(CC(=O)O)C(=O)C1CC(=O)N(Cc2ccco2)C1. The summed E-state index contributed by atoms with van der Waals surface area (Å²) in [5.74, 6) is -1.23. The number of hydrogen-bond acceptors (Lipinski definition) is 4. The Morgan fingerprint density at radius 2 is 2.27 bits per heavy atom. The van der Waals surface area contributed by atoms with Gasteiger partial charge in [0.15, 0.2) is 0 Å². The van der Waals surface area contributed by atoms with Gasteiger partial charge in [-0.25, -0.2) is 0 Å². The van der Waals surface area contributed by atoms with Crippen molar-refractivity contribution in [1.82, 2.24) is 9.80 Å². The van der Waals surface area contributed by atoms with Gasteiger partial charge in [-0.05, 0) is 18.6 Å². The molecule has 1 aliphatic heterocycles. The summed E-state index contributed by atoms with van der Waals surface area (Å²) in [6, 6.07) is 3.52. The molecule has 1 atom stereocenters. The summed E-state index contributed by atoms with van der Waals surface area (Å²) in [5, 5.41) is 8.89. The summed E-state index contributed by atoms with van der Waals surface area (Å²) < 4.78 is 5.21. The van der Waals surface area contributed by atoms with Crippen LogP contribution in [0, 0.1) is 5.92 Å². The van der Waals surface area contributed by atoms with Crippen molar-refractivity contribution in [1.29, 1.82) is 0 Å². The average molecular weight is 308 g/mol. The quantitative estimate of drug-likeness (QED) is 0.810. The van der Waals surface area contributed by atoms with Crippen LogP contribution in [0.3, 0.4) is 0 Å². The Labute approximate surface area is 128 Å². The maximum absolute atomic E-state index is 12.4. The summed E-state index contributed by atoms with van der Waals surface area (Å²) >= 11 is 0. The van der Waals surface area contributed by atoms with Gasteiger partial charge < -0.3 is 19.3 Å². The van der Waals surface area contributed by atoms with Crippen molar-refractivity contribution in [2.45, 2.75) is 26.3 Å². The molecule has 1 unspecified atom stereocenters. The minimum absolute atomic E-state index is 0.110. The predicted molar refractivity (Wildman–Crippen MR) is 76.7 cm³/mol. The first-order chi connectivity index (χ1) is 10.5. The van der Waals surface area contributed by atoms with Crippen LogP contribution in [-0.4, -0.2) is 52.3 Å². The highest BCUT2D eigenvalue weighted by Crippen LogP contribution is 2.22. The average Bonchev–Trinajstić information content (AvgIpc) is 3.08. The summed E-state index contributed by atoms with van der Waals surface area (Å²) in [4.78, 5) is 38.2. The zero-order valence-electron chi connectivity index (χ0n) is 12.5. The number of nitrogens with zero attached hydrogens (tertiary/aromatic N) is 2. The highest BCUT2D eigenvalue weighted by Gasteiger charge is 2.37. The van der Waals surface area contributed by atoms with Crippen molar-refractivity contribution < 1.29 is 23.9 Å². The van der Waals surface area contributed by atoms with Crippen LogP contribution in [0.25, 0.3) is 0 Å². The fourth-order valence-corrected chi connectivity index (χ4v) is 2.64. The smallest absolute Gasteiger partial charge is 0.323 e. The van der Waals surface area contributed by atoms with Crippen LogP contribution in [0.4, 0.5) is 0 Å². The molecule has 1 aliphatic rings. The molecule has 1 aromatic heterocycles. The molecule has 2 heterocycles. The van der Waals surface area contributed by atoms with E-state index >= 15 is 0 Å². The molecule has 2 rings (SSSR count). The Morgan fingerprint density at radius 1 is 1.50 bits per heavy atom. The van der Waals surface area contributed by atoms with E-state index in [9.17, 15) is 14.4 Å². The molecule has 0 saturated carbocycles. The lowest BCUT2D eigenvalue weighted by molar-refractivity contribution is -0.146. The zero-order valence-corrected chi connectivity index (χ0v) is 12.5. The zero-order chi connectivity index (χ0) is 16.1. The summed E-state index contributed by atoms with van der Waals surface area (Å²) in [6.07, 6.45) is 2.34. The number of carbonyl (C=O) groups excluding carboxylic acids is 2. The van der Waals surface area contributed by atoms with Gasteiger partial charge in [0.25, 0.3) is 0 Å². The second-order valence-electron chi connectivity index (χ2n) is 5.41. The number of furan rings is 1. The van der Waals surface area contributed by atoms with E-state index < -0.39 is 11.9 Å². The van der Waals surface area contributed by atoms with Crippen molar-refractivity contribution in [3.63, 3.8) is 0 Å². The van der Waals surface area contributed by atoms with Crippen molar-refractivity contribution in [2.75, 3.05) is 19.6 Å². The van der Waals surface area contributed by atoms with E-state index in [-0.39, 0.29) is 24.8 Å². The van der Waals surface area contributed by atoms with Crippen LogP contribution in [0.1, 0.15) is 25.5 Å². The van der Waals surface area contributed by atoms with Gasteiger partial charge in [-0.15, -0.1) is 0 Å². The van der Waals surface area contributed by atoms with Crippen molar-refractivity contribution >= 4 is 17.8 Å². The van der Waals surface area contributed by atoms with Crippen molar-refractivity contribution in [3.8, 4) is 0 Å². The monoisotopic (exact) mass is 308 g/mol. The number of carboxylic acid groups (broad SMARTS) is 1. The van der Waals surface area contributed by atoms with E-state index in [1.165, 1.54) is 11.2 Å². The fraction of sp³-hybridized carbons (Fsp3) is 0.533. The number of rotatable bonds is 7. The predicted octanol–water partition coefficient (Wildman–Crippen LogP) is 0.951. The number of amides is 2. The van der Waals surface area contributed by atoms with Gasteiger partial charge in [-0.3, -0.25) is 14.4 Å². The van der Waals surface area contributed by atoms with E-state index in [0.29, 0.717) is 31.8 Å². The normalized spacial score (nSPS) is 17.8. The minimum Gasteiger partial charge on any atom is -0.480 e. The largest absolute Gasteiger partial charge is 0.480 e. The van der Waals surface area contributed by atoms with Crippen molar-refractivity contribution in [2.24, 2.45) is 5.92 Å². The standard InChI is InChI=1S/C15H20N2O5/c1-2-5-16(10-14(19)20)15(21)11-7-13(18)17(8-11)9-12-4-3-6-22-12/h3-4,6,11H,2,5,7-10H2,1H3,(H,19,20). The third-order valence-corrected chi connectivity index (χ3v) is 3.62. The maximum Gasteiger partial charge on any atom is 0.323 e. The number of hydrogen-bond donors (Lipinski definition) is 1. The Balaban J connectivity index is 1.98. The number of likely N-dealkylation sites (tertiary alicyclic amines) is 1. The number of carbonyl (C=O) groups is 3. The molecular weight excluding hydrogens is 288 g/mol. The van der Waals surface area contributed by atoms with E-state index in [4.69, 9.17) is 9.52 Å². The van der Waals surface area contributed by atoms with Gasteiger partial charge in [0.05, 0.1) is 18.7 Å². The Kier molecular flexibility index (Phi) is 5.19. The third-order valence-electron chi connectivity index (χ3n) is 3.62. The molecule has 7 heteroatoms. The molecule has 7 nitrogen and oxygen atoms in total. The first-order valence-electron chi connectivity index (χ1n) is 7.32. The molecule has 2 amide bonds. The maximum atomic E-state index is 12.4. The third kappa shape index (κ3) is 3.87. The molecule has 1 fully saturated rings. The molecule has 0 bridgehead atoms. The van der Waals surface area contributed by atoms with Crippen LogP contribution in [-0.2, 0) is 20.9 Å².